The van der Waals surface area contributed by atoms with Crippen LogP contribution in [0.25, 0.3) is 0 Å². The number of nitrogens with zero attached hydrogens (tertiary/aromatic N) is 1. The van der Waals surface area contributed by atoms with E-state index in [1.165, 1.54) is 5.56 Å². The van der Waals surface area contributed by atoms with Gasteiger partial charge in [0.2, 0.25) is 5.91 Å². The summed E-state index contributed by atoms with van der Waals surface area (Å²) in [6, 6.07) is 6.16. The van der Waals surface area contributed by atoms with E-state index in [-0.39, 0.29) is 30.7 Å². The number of rotatable bonds is 6. The second-order valence-corrected chi connectivity index (χ2v) is 4.83. The van der Waals surface area contributed by atoms with Crippen molar-refractivity contribution in [2.75, 3.05) is 26.0 Å². The van der Waals surface area contributed by atoms with E-state index in [0.717, 1.165) is 24.2 Å². The number of amides is 1. The summed E-state index contributed by atoms with van der Waals surface area (Å²) in [4.78, 5) is 13.8. The van der Waals surface area contributed by atoms with Crippen LogP contribution in [0.5, 0.6) is 0 Å². The van der Waals surface area contributed by atoms with E-state index < -0.39 is 0 Å². The van der Waals surface area contributed by atoms with Crippen LogP contribution in [0.2, 0.25) is 0 Å². The Balaban J connectivity index is 0. The summed E-state index contributed by atoms with van der Waals surface area (Å²) < 4.78 is 0. The summed E-state index contributed by atoms with van der Waals surface area (Å²) in [5, 5.41) is 2.95. The highest BCUT2D eigenvalue weighted by atomic mass is 35.5. The van der Waals surface area contributed by atoms with Gasteiger partial charge in [-0.15, -0.1) is 24.8 Å². The molecule has 0 bridgehead atoms. The maximum absolute atomic E-state index is 11.7. The van der Waals surface area contributed by atoms with Crippen LogP contribution >= 0.6 is 24.8 Å². The quantitative estimate of drug-likeness (QED) is 0.846. The molecule has 1 amide bonds. The molecule has 6 heteroatoms. The minimum Gasteiger partial charge on any atom is -0.330 e. The summed E-state index contributed by atoms with van der Waals surface area (Å²) in [5.41, 5.74) is 8.57. The van der Waals surface area contributed by atoms with Gasteiger partial charge in [0, 0.05) is 18.7 Å². The number of nitrogens with two attached hydrogens (primary N) is 1. The van der Waals surface area contributed by atoms with Crippen LogP contribution in [0.4, 0.5) is 5.69 Å². The molecule has 0 heterocycles. The lowest BCUT2D eigenvalue weighted by Crippen LogP contribution is -2.15. The van der Waals surface area contributed by atoms with Crippen molar-refractivity contribution in [2.24, 2.45) is 5.73 Å². The fraction of sp³-hybridized carbons (Fsp3) is 0.500. The van der Waals surface area contributed by atoms with Crippen LogP contribution < -0.4 is 11.1 Å². The first-order chi connectivity index (χ1) is 8.52. The molecule has 1 aromatic rings. The summed E-state index contributed by atoms with van der Waals surface area (Å²) in [7, 11) is 4.05. The lowest BCUT2D eigenvalue weighted by molar-refractivity contribution is -0.116. The number of hydrogen-bond acceptors (Lipinski definition) is 3. The molecule has 0 aliphatic rings. The Morgan fingerprint density at radius 2 is 1.95 bits per heavy atom. The average molecular weight is 322 g/mol. The first-order valence-corrected chi connectivity index (χ1v) is 6.27. The molecule has 0 unspecified atom stereocenters. The molecule has 4 nitrogen and oxygen atoms in total. The van der Waals surface area contributed by atoms with Crippen molar-refractivity contribution in [3.8, 4) is 0 Å². The molecule has 0 aliphatic heterocycles. The van der Waals surface area contributed by atoms with Gasteiger partial charge in [0.25, 0.3) is 0 Å². The lowest BCUT2D eigenvalue weighted by atomic mass is 10.1. The Morgan fingerprint density at radius 1 is 1.30 bits per heavy atom. The molecular weight excluding hydrogens is 297 g/mol. The molecule has 0 atom stereocenters. The first-order valence-electron chi connectivity index (χ1n) is 6.27. The maximum Gasteiger partial charge on any atom is 0.224 e. The van der Waals surface area contributed by atoms with Gasteiger partial charge >= 0.3 is 0 Å². The van der Waals surface area contributed by atoms with Crippen molar-refractivity contribution in [2.45, 2.75) is 26.3 Å². The minimum absolute atomic E-state index is 0. The number of halogens is 2. The molecule has 116 valence electrons. The largest absolute Gasteiger partial charge is 0.330 e. The zero-order chi connectivity index (χ0) is 13.5. The monoisotopic (exact) mass is 321 g/mol. The summed E-state index contributed by atoms with van der Waals surface area (Å²) in [6.07, 6.45) is 1.20. The third kappa shape index (κ3) is 7.70. The first kappa shape index (κ1) is 21.5. The molecule has 0 spiro atoms. The predicted octanol–water partition coefficient (Wildman–Crippen LogP) is 2.58. The smallest absolute Gasteiger partial charge is 0.224 e. The van der Waals surface area contributed by atoms with Crippen LogP contribution in [0.1, 0.15) is 24.0 Å². The molecule has 0 saturated carbocycles. The Labute approximate surface area is 133 Å². The third-order valence-electron chi connectivity index (χ3n) is 2.68. The molecule has 0 radical (unpaired) electrons. The van der Waals surface area contributed by atoms with Gasteiger partial charge < -0.3 is 16.0 Å². The Hall–Kier alpha value is -0.810. The summed E-state index contributed by atoms with van der Waals surface area (Å²) in [5.74, 6) is 0.0329. The molecule has 0 saturated heterocycles. The van der Waals surface area contributed by atoms with Gasteiger partial charge in [-0.3, -0.25) is 4.79 Å². The minimum atomic E-state index is 0. The number of hydrogen-bond donors (Lipinski definition) is 2. The van der Waals surface area contributed by atoms with E-state index in [2.05, 4.69) is 16.3 Å². The normalized spacial score (nSPS) is 9.65. The highest BCUT2D eigenvalue weighted by Gasteiger charge is 2.06. The second-order valence-electron chi connectivity index (χ2n) is 4.83. The highest BCUT2D eigenvalue weighted by Crippen LogP contribution is 2.18. The predicted molar refractivity (Wildman–Crippen MR) is 90.0 cm³/mol. The van der Waals surface area contributed by atoms with Crippen molar-refractivity contribution < 1.29 is 4.79 Å². The fourth-order valence-electron chi connectivity index (χ4n) is 1.74. The van der Waals surface area contributed by atoms with E-state index in [0.29, 0.717) is 13.0 Å². The molecule has 0 fully saturated rings. The van der Waals surface area contributed by atoms with E-state index in [9.17, 15) is 4.79 Å². The van der Waals surface area contributed by atoms with Crippen LogP contribution in [0.3, 0.4) is 0 Å². The van der Waals surface area contributed by atoms with Gasteiger partial charge in [0.1, 0.15) is 0 Å². The Morgan fingerprint density at radius 3 is 2.50 bits per heavy atom. The molecule has 0 aromatic heterocycles. The standard InChI is InChI=1S/C14H23N3O.2ClH/c1-11-6-7-12(10-17(2)3)9-13(11)16-14(18)5-4-8-15;;/h6-7,9H,4-5,8,10,15H2,1-3H3,(H,16,18);2*1H. The molecule has 1 rings (SSSR count). The van der Waals surface area contributed by atoms with Crippen molar-refractivity contribution >= 4 is 36.4 Å². The number of aryl methyl sites for hydroxylation is 1. The zero-order valence-electron chi connectivity index (χ0n) is 12.3. The van der Waals surface area contributed by atoms with E-state index in [1.54, 1.807) is 0 Å². The SMILES string of the molecule is Cc1ccc(CN(C)C)cc1NC(=O)CCCN.Cl.Cl. The van der Waals surface area contributed by atoms with Crippen LogP contribution in [-0.4, -0.2) is 31.4 Å². The van der Waals surface area contributed by atoms with E-state index in [4.69, 9.17) is 5.73 Å². The average Bonchev–Trinajstić information content (AvgIpc) is 2.30. The van der Waals surface area contributed by atoms with Crippen molar-refractivity contribution in [1.82, 2.24) is 4.90 Å². The summed E-state index contributed by atoms with van der Waals surface area (Å²) >= 11 is 0. The number of nitrogens with one attached hydrogen (secondary N) is 1. The van der Waals surface area contributed by atoms with Gasteiger partial charge in [0.15, 0.2) is 0 Å². The van der Waals surface area contributed by atoms with Crippen molar-refractivity contribution in [1.29, 1.82) is 0 Å². The summed E-state index contributed by atoms with van der Waals surface area (Å²) in [6.45, 7) is 3.41. The molecule has 0 aliphatic carbocycles. The molecule has 1 aromatic carbocycles. The van der Waals surface area contributed by atoms with E-state index >= 15 is 0 Å². The van der Waals surface area contributed by atoms with Gasteiger partial charge in [0.05, 0.1) is 0 Å². The maximum atomic E-state index is 11.7. The van der Waals surface area contributed by atoms with Gasteiger partial charge in [-0.05, 0) is 51.2 Å². The van der Waals surface area contributed by atoms with Crippen LogP contribution in [0, 0.1) is 6.92 Å². The number of carbonyl (C=O) groups is 1. The third-order valence-corrected chi connectivity index (χ3v) is 2.68. The highest BCUT2D eigenvalue weighted by molar-refractivity contribution is 5.91. The van der Waals surface area contributed by atoms with Gasteiger partial charge in [-0.1, -0.05) is 12.1 Å². The second kappa shape index (κ2) is 10.9. The van der Waals surface area contributed by atoms with Crippen LogP contribution in [0.15, 0.2) is 18.2 Å². The van der Waals surface area contributed by atoms with E-state index in [1.807, 2.05) is 33.2 Å². The number of carbonyl (C=O) groups excluding carboxylic acids is 1. The van der Waals surface area contributed by atoms with Gasteiger partial charge in [-0.2, -0.15) is 0 Å². The van der Waals surface area contributed by atoms with Crippen molar-refractivity contribution in [3.05, 3.63) is 29.3 Å². The van der Waals surface area contributed by atoms with Crippen molar-refractivity contribution in [3.63, 3.8) is 0 Å². The Bertz CT molecular complexity index is 411. The zero-order valence-corrected chi connectivity index (χ0v) is 13.9. The number of anilines is 1. The topological polar surface area (TPSA) is 58.4 Å². The number of benzene rings is 1. The fourth-order valence-corrected chi connectivity index (χ4v) is 1.74. The Kier molecular flexibility index (Phi) is 11.7. The van der Waals surface area contributed by atoms with Gasteiger partial charge in [-0.25, -0.2) is 0 Å². The molecule has 3 N–H and O–H groups in total. The van der Waals surface area contributed by atoms with Crippen LogP contribution in [-0.2, 0) is 11.3 Å². The lowest BCUT2D eigenvalue weighted by Gasteiger charge is -2.13. The molecule has 20 heavy (non-hydrogen) atoms. The molecular formula is C14H25Cl2N3O.